The number of rotatable bonds is 4. The van der Waals surface area contributed by atoms with Gasteiger partial charge in [0.1, 0.15) is 6.07 Å². The van der Waals surface area contributed by atoms with E-state index < -0.39 is 0 Å². The predicted octanol–water partition coefficient (Wildman–Crippen LogP) is 11.8. The first-order chi connectivity index (χ1) is 24.3. The molecule has 0 aliphatic rings. The first-order valence-electron chi connectivity index (χ1n) is 16.3. The van der Waals surface area contributed by atoms with E-state index >= 15 is 0 Å². The van der Waals surface area contributed by atoms with Crippen LogP contribution in [0.2, 0.25) is 0 Å². The first kappa shape index (κ1) is 28.3. The molecule has 49 heavy (non-hydrogen) atoms. The van der Waals surface area contributed by atoms with Gasteiger partial charge >= 0.3 is 0 Å². The number of fused-ring (bicyclic) bond motifs is 5. The minimum Gasteiger partial charge on any atom is -0.309 e. The van der Waals surface area contributed by atoms with Crippen LogP contribution in [0, 0.1) is 22.7 Å². The Labute approximate surface area is 283 Å². The molecule has 0 saturated carbocycles. The van der Waals surface area contributed by atoms with Crippen LogP contribution in [0.3, 0.4) is 0 Å². The summed E-state index contributed by atoms with van der Waals surface area (Å²) in [7, 11) is 0. The Hall–Kier alpha value is -6.94. The number of hydrogen-bond donors (Lipinski definition) is 0. The summed E-state index contributed by atoms with van der Waals surface area (Å²) in [6, 6.07) is 61.3. The van der Waals surface area contributed by atoms with Crippen LogP contribution in [0.5, 0.6) is 0 Å². The maximum atomic E-state index is 11.0. The summed E-state index contributed by atoms with van der Waals surface area (Å²) in [4.78, 5) is 0. The van der Waals surface area contributed by atoms with Crippen molar-refractivity contribution in [1.29, 1.82) is 10.5 Å². The molecule has 0 N–H and O–H groups in total. The van der Waals surface area contributed by atoms with Crippen LogP contribution >= 0.6 is 0 Å². The van der Waals surface area contributed by atoms with E-state index in [4.69, 9.17) is 0 Å². The molecule has 1 heterocycles. The standard InChI is InChI=1S/C46H27N3/c47-28-30-25-26-44-40(27-30)34-16-9-11-24-43(34)49(44)42-23-10-8-15-33(42)32-21-12-22-39(41(32)29-48)46-37-19-6-4-17-35(37)45(31-13-2-1-3-14-31)36-18-5-7-20-38(36)46/h1-27H. The summed E-state index contributed by atoms with van der Waals surface area (Å²) in [6.07, 6.45) is 0. The molecule has 0 radical (unpaired) electrons. The fraction of sp³-hybridized carbons (Fsp3) is 0. The Bertz CT molecular complexity index is 2790. The maximum absolute atomic E-state index is 11.0. The van der Waals surface area contributed by atoms with E-state index in [-0.39, 0.29) is 0 Å². The highest BCUT2D eigenvalue weighted by molar-refractivity contribution is 6.22. The van der Waals surface area contributed by atoms with Gasteiger partial charge in [-0.15, -0.1) is 0 Å². The highest BCUT2D eigenvalue weighted by Gasteiger charge is 2.22. The van der Waals surface area contributed by atoms with Gasteiger partial charge < -0.3 is 4.57 Å². The Kier molecular flexibility index (Phi) is 6.58. The van der Waals surface area contributed by atoms with Gasteiger partial charge in [0, 0.05) is 27.5 Å². The topological polar surface area (TPSA) is 52.5 Å². The number of aromatic nitrogens is 1. The van der Waals surface area contributed by atoms with Crippen molar-refractivity contribution in [2.45, 2.75) is 0 Å². The van der Waals surface area contributed by atoms with E-state index in [0.29, 0.717) is 11.1 Å². The summed E-state index contributed by atoms with van der Waals surface area (Å²) >= 11 is 0. The van der Waals surface area contributed by atoms with Gasteiger partial charge in [0.15, 0.2) is 0 Å². The molecule has 3 heteroatoms. The second-order valence-corrected chi connectivity index (χ2v) is 12.3. The van der Waals surface area contributed by atoms with Gasteiger partial charge in [0.2, 0.25) is 0 Å². The van der Waals surface area contributed by atoms with Crippen molar-refractivity contribution >= 4 is 43.4 Å². The molecule has 1 aromatic heterocycles. The molecule has 0 bridgehead atoms. The lowest BCUT2D eigenvalue weighted by molar-refractivity contribution is 1.18. The average Bonchev–Trinajstić information content (AvgIpc) is 3.50. The normalized spacial score (nSPS) is 11.2. The van der Waals surface area contributed by atoms with E-state index in [2.05, 4.69) is 132 Å². The molecule has 0 atom stereocenters. The number of nitriles is 2. The van der Waals surface area contributed by atoms with Crippen LogP contribution < -0.4 is 0 Å². The van der Waals surface area contributed by atoms with E-state index in [1.165, 1.54) is 5.56 Å². The van der Waals surface area contributed by atoms with Crippen molar-refractivity contribution in [3.63, 3.8) is 0 Å². The third-order valence-corrected chi connectivity index (χ3v) is 9.68. The molecule has 0 aliphatic carbocycles. The third-order valence-electron chi connectivity index (χ3n) is 9.68. The number of nitrogens with zero attached hydrogens (tertiary/aromatic N) is 3. The van der Waals surface area contributed by atoms with Crippen molar-refractivity contribution in [2.24, 2.45) is 0 Å². The number of benzene rings is 8. The van der Waals surface area contributed by atoms with E-state index in [0.717, 1.165) is 76.9 Å². The monoisotopic (exact) mass is 621 g/mol. The summed E-state index contributed by atoms with van der Waals surface area (Å²) < 4.78 is 2.26. The lowest BCUT2D eigenvalue weighted by atomic mass is 9.83. The second kappa shape index (κ2) is 11.4. The zero-order valence-electron chi connectivity index (χ0n) is 26.4. The summed E-state index contributed by atoms with van der Waals surface area (Å²) in [5.41, 5.74) is 10.4. The van der Waals surface area contributed by atoms with Gasteiger partial charge in [-0.25, -0.2) is 0 Å². The van der Waals surface area contributed by atoms with E-state index in [1.54, 1.807) is 0 Å². The molecule has 226 valence electrons. The molecule has 0 fully saturated rings. The molecule has 0 spiro atoms. The summed E-state index contributed by atoms with van der Waals surface area (Å²) in [5, 5.41) is 27.3. The Morgan fingerprint density at radius 2 is 0.939 bits per heavy atom. The van der Waals surface area contributed by atoms with E-state index in [9.17, 15) is 10.5 Å². The molecule has 8 aromatic carbocycles. The molecular weight excluding hydrogens is 595 g/mol. The minimum absolute atomic E-state index is 0.626. The minimum atomic E-state index is 0.626. The molecule has 0 aliphatic heterocycles. The van der Waals surface area contributed by atoms with Crippen LogP contribution in [0.15, 0.2) is 164 Å². The van der Waals surface area contributed by atoms with Crippen LogP contribution in [0.4, 0.5) is 0 Å². The average molecular weight is 622 g/mol. The summed E-state index contributed by atoms with van der Waals surface area (Å²) in [6.45, 7) is 0. The molecule has 9 rings (SSSR count). The Morgan fingerprint density at radius 3 is 1.63 bits per heavy atom. The molecule has 3 nitrogen and oxygen atoms in total. The van der Waals surface area contributed by atoms with Gasteiger partial charge in [0.25, 0.3) is 0 Å². The lowest BCUT2D eigenvalue weighted by Crippen LogP contribution is -1.99. The molecule has 0 unspecified atom stereocenters. The molecule has 0 amide bonds. The fourth-order valence-electron chi connectivity index (χ4n) is 7.64. The van der Waals surface area contributed by atoms with E-state index in [1.807, 2.05) is 48.5 Å². The highest BCUT2D eigenvalue weighted by atomic mass is 15.0. The Balaban J connectivity index is 1.35. The van der Waals surface area contributed by atoms with Crippen molar-refractivity contribution in [3.8, 4) is 51.2 Å². The molecular formula is C46H27N3. The smallest absolute Gasteiger partial charge is 0.100 e. The van der Waals surface area contributed by atoms with Crippen molar-refractivity contribution in [3.05, 3.63) is 175 Å². The second-order valence-electron chi connectivity index (χ2n) is 12.3. The van der Waals surface area contributed by atoms with Gasteiger partial charge in [-0.2, -0.15) is 10.5 Å². The van der Waals surface area contributed by atoms with Crippen molar-refractivity contribution in [2.75, 3.05) is 0 Å². The van der Waals surface area contributed by atoms with Crippen molar-refractivity contribution < 1.29 is 0 Å². The van der Waals surface area contributed by atoms with Gasteiger partial charge in [-0.1, -0.05) is 133 Å². The van der Waals surface area contributed by atoms with Crippen molar-refractivity contribution in [1.82, 2.24) is 4.57 Å². The third kappa shape index (κ3) is 4.35. The van der Waals surface area contributed by atoms with Gasteiger partial charge in [-0.05, 0) is 68.6 Å². The largest absolute Gasteiger partial charge is 0.309 e. The predicted molar refractivity (Wildman–Crippen MR) is 202 cm³/mol. The molecule has 9 aromatic rings. The highest BCUT2D eigenvalue weighted by Crippen LogP contribution is 2.46. The fourth-order valence-corrected chi connectivity index (χ4v) is 7.64. The number of hydrogen-bond acceptors (Lipinski definition) is 2. The summed E-state index contributed by atoms with van der Waals surface area (Å²) in [5.74, 6) is 0. The van der Waals surface area contributed by atoms with Crippen LogP contribution in [0.25, 0.3) is 82.4 Å². The quantitative estimate of drug-likeness (QED) is 0.184. The molecule has 0 saturated heterocycles. The zero-order chi connectivity index (χ0) is 32.9. The van der Waals surface area contributed by atoms with Gasteiger partial charge in [0.05, 0.1) is 33.9 Å². The van der Waals surface area contributed by atoms with Crippen LogP contribution in [-0.2, 0) is 0 Å². The maximum Gasteiger partial charge on any atom is 0.100 e. The van der Waals surface area contributed by atoms with Gasteiger partial charge in [-0.3, -0.25) is 0 Å². The Morgan fingerprint density at radius 1 is 0.388 bits per heavy atom. The first-order valence-corrected chi connectivity index (χ1v) is 16.3. The van der Waals surface area contributed by atoms with Crippen LogP contribution in [0.1, 0.15) is 11.1 Å². The SMILES string of the molecule is N#Cc1ccc2c(c1)c1ccccc1n2-c1ccccc1-c1cccc(-c2c3ccccc3c(-c3ccccc3)c3ccccc23)c1C#N. The number of para-hydroxylation sites is 2. The van der Waals surface area contributed by atoms with Crippen LogP contribution in [-0.4, -0.2) is 4.57 Å². The lowest BCUT2D eigenvalue weighted by Gasteiger charge is -2.20. The zero-order valence-corrected chi connectivity index (χ0v) is 26.4.